The first-order valence-corrected chi connectivity index (χ1v) is 9.20. The van der Waals surface area contributed by atoms with E-state index in [9.17, 15) is 13.2 Å². The average Bonchev–Trinajstić information content (AvgIpc) is 3.16. The van der Waals surface area contributed by atoms with Crippen molar-refractivity contribution in [1.29, 1.82) is 0 Å². The smallest absolute Gasteiger partial charge is 0.207 e. The minimum Gasteiger partial charge on any atom is -0.486 e. The zero-order valence-electron chi connectivity index (χ0n) is 14.0. The zero-order valence-corrected chi connectivity index (χ0v) is 15.6. The molecule has 2 aromatic carbocycles. The van der Waals surface area contributed by atoms with E-state index in [1.54, 1.807) is 17.6 Å². The molecule has 1 heterocycles. The van der Waals surface area contributed by atoms with Crippen LogP contribution in [0.5, 0.6) is 5.75 Å². The minimum absolute atomic E-state index is 0.0447. The fourth-order valence-electron chi connectivity index (χ4n) is 2.07. The summed E-state index contributed by atoms with van der Waals surface area (Å²) in [6, 6.07) is 7.84. The fraction of sp³-hybridized carbons (Fsp3) is 0.118. The third-order valence-corrected chi connectivity index (χ3v) is 4.64. The Hall–Kier alpha value is -2.43. The predicted octanol–water partition coefficient (Wildman–Crippen LogP) is 5.18. The lowest BCUT2D eigenvalue weighted by Gasteiger charge is -2.18. The van der Waals surface area contributed by atoms with Gasteiger partial charge in [0.2, 0.25) is 5.13 Å². The lowest BCUT2D eigenvalue weighted by atomic mass is 10.2. The van der Waals surface area contributed by atoms with Gasteiger partial charge in [0.15, 0.2) is 17.4 Å². The predicted molar refractivity (Wildman–Crippen MR) is 99.9 cm³/mol. The molecule has 0 aliphatic rings. The van der Waals surface area contributed by atoms with Crippen molar-refractivity contribution in [3.63, 3.8) is 0 Å². The summed E-state index contributed by atoms with van der Waals surface area (Å²) in [5.41, 5.74) is 2.77. The number of rotatable bonds is 8. The highest BCUT2D eigenvalue weighted by Crippen LogP contribution is 2.31. The SMILES string of the molecule is CN(SONc1nccs1)c1cc(F)c(OCc2ccccc2F)cc1F. The molecular weight excluding hydrogens is 399 g/mol. The maximum atomic E-state index is 14.3. The van der Waals surface area contributed by atoms with Crippen LogP contribution in [0.4, 0.5) is 24.0 Å². The van der Waals surface area contributed by atoms with Gasteiger partial charge in [0.1, 0.15) is 24.7 Å². The van der Waals surface area contributed by atoms with Gasteiger partial charge in [0.25, 0.3) is 0 Å². The number of hydrogen-bond donors (Lipinski definition) is 1. The molecule has 0 fully saturated rings. The second-order valence-corrected chi connectivity index (χ2v) is 6.97. The van der Waals surface area contributed by atoms with Crippen LogP contribution in [0.3, 0.4) is 0 Å². The molecule has 0 spiro atoms. The molecule has 27 heavy (non-hydrogen) atoms. The number of nitrogens with zero attached hydrogens (tertiary/aromatic N) is 2. The van der Waals surface area contributed by atoms with E-state index in [4.69, 9.17) is 9.02 Å². The van der Waals surface area contributed by atoms with Crippen molar-refractivity contribution >= 4 is 34.4 Å². The molecule has 0 bridgehead atoms. The molecule has 10 heteroatoms. The Bertz CT molecular complexity index is 897. The Morgan fingerprint density at radius 1 is 1.15 bits per heavy atom. The number of halogens is 3. The molecule has 0 aliphatic heterocycles. The average molecular weight is 413 g/mol. The Balaban J connectivity index is 1.62. The summed E-state index contributed by atoms with van der Waals surface area (Å²) >= 11 is 2.09. The van der Waals surface area contributed by atoms with Crippen molar-refractivity contribution in [3.05, 3.63) is 71.0 Å². The number of ether oxygens (including phenoxy) is 1. The molecule has 3 aromatic rings. The quantitative estimate of drug-likeness (QED) is 0.312. The van der Waals surface area contributed by atoms with Crippen LogP contribution in [-0.4, -0.2) is 12.0 Å². The van der Waals surface area contributed by atoms with Gasteiger partial charge < -0.3 is 4.74 Å². The Kier molecular flexibility index (Phi) is 6.43. The normalized spacial score (nSPS) is 10.7. The lowest BCUT2D eigenvalue weighted by Crippen LogP contribution is -2.12. The second-order valence-electron chi connectivity index (χ2n) is 5.21. The summed E-state index contributed by atoms with van der Waals surface area (Å²) in [6.07, 6.45) is 1.60. The molecule has 0 saturated heterocycles. The highest BCUT2D eigenvalue weighted by molar-refractivity contribution is 7.96. The molecular formula is C17H14F3N3O2S2. The number of anilines is 2. The van der Waals surface area contributed by atoms with Crippen LogP contribution in [0.2, 0.25) is 0 Å². The van der Waals surface area contributed by atoms with Crippen molar-refractivity contribution in [2.75, 3.05) is 16.8 Å². The van der Waals surface area contributed by atoms with Crippen molar-refractivity contribution in [3.8, 4) is 5.75 Å². The summed E-state index contributed by atoms with van der Waals surface area (Å²) in [5.74, 6) is -2.27. The first-order valence-electron chi connectivity index (χ1n) is 7.62. The largest absolute Gasteiger partial charge is 0.486 e. The van der Waals surface area contributed by atoms with Crippen LogP contribution < -0.4 is 14.5 Å². The molecule has 0 amide bonds. The standard InChI is InChI=1S/C17H14F3N3O2S2/c1-23(27-25-22-17-21-6-7-26-17)15-8-14(20)16(9-13(15)19)24-10-11-4-2-3-5-12(11)18/h2-9H,10H2,1H3,(H,21,22). The van der Waals surface area contributed by atoms with Gasteiger partial charge >= 0.3 is 0 Å². The second kappa shape index (κ2) is 8.98. The number of aromatic nitrogens is 1. The Morgan fingerprint density at radius 2 is 1.96 bits per heavy atom. The van der Waals surface area contributed by atoms with Gasteiger partial charge in [-0.1, -0.05) is 18.2 Å². The Labute approximate surface area is 162 Å². The van der Waals surface area contributed by atoms with Crippen molar-refractivity contribution in [2.24, 2.45) is 0 Å². The number of thiazole rings is 1. The van der Waals surface area contributed by atoms with Gasteiger partial charge in [0, 0.05) is 36.3 Å². The van der Waals surface area contributed by atoms with Gasteiger partial charge in [-0.15, -0.1) is 11.3 Å². The van der Waals surface area contributed by atoms with E-state index in [0.29, 0.717) is 5.13 Å². The summed E-state index contributed by atoms with van der Waals surface area (Å²) in [4.78, 5) is 3.95. The van der Waals surface area contributed by atoms with E-state index in [2.05, 4.69) is 10.5 Å². The molecule has 0 unspecified atom stereocenters. The van der Waals surface area contributed by atoms with Crippen LogP contribution in [0.25, 0.3) is 0 Å². The van der Waals surface area contributed by atoms with Gasteiger partial charge in [-0.25, -0.2) is 23.6 Å². The van der Waals surface area contributed by atoms with Crippen LogP contribution in [0.15, 0.2) is 48.0 Å². The van der Waals surface area contributed by atoms with E-state index < -0.39 is 17.5 Å². The van der Waals surface area contributed by atoms with Crippen molar-refractivity contribution < 1.29 is 22.2 Å². The van der Waals surface area contributed by atoms with E-state index in [1.807, 2.05) is 0 Å². The van der Waals surface area contributed by atoms with Crippen LogP contribution in [-0.2, 0) is 10.9 Å². The lowest BCUT2D eigenvalue weighted by molar-refractivity contribution is 0.283. The molecule has 5 nitrogen and oxygen atoms in total. The highest BCUT2D eigenvalue weighted by atomic mass is 32.2. The zero-order chi connectivity index (χ0) is 19.2. The third kappa shape index (κ3) is 5.06. The maximum absolute atomic E-state index is 14.3. The number of nitrogens with one attached hydrogen (secondary N) is 1. The van der Waals surface area contributed by atoms with Crippen molar-refractivity contribution in [1.82, 2.24) is 4.98 Å². The fourth-order valence-corrected chi connectivity index (χ4v) is 3.03. The summed E-state index contributed by atoms with van der Waals surface area (Å²) < 4.78 is 53.8. The number of benzene rings is 2. The van der Waals surface area contributed by atoms with Crippen LogP contribution in [0, 0.1) is 17.5 Å². The molecule has 3 rings (SSSR count). The summed E-state index contributed by atoms with van der Waals surface area (Å²) in [7, 11) is 1.51. The molecule has 0 saturated carbocycles. The van der Waals surface area contributed by atoms with E-state index in [0.717, 1.165) is 24.4 Å². The van der Waals surface area contributed by atoms with Crippen LogP contribution >= 0.6 is 23.6 Å². The van der Waals surface area contributed by atoms with Crippen molar-refractivity contribution in [2.45, 2.75) is 6.61 Å². The highest BCUT2D eigenvalue weighted by Gasteiger charge is 2.16. The van der Waals surface area contributed by atoms with E-state index >= 15 is 0 Å². The maximum Gasteiger partial charge on any atom is 0.207 e. The molecule has 1 aromatic heterocycles. The first kappa shape index (κ1) is 19.3. The van der Waals surface area contributed by atoms with Gasteiger partial charge in [-0.2, -0.15) is 4.28 Å². The van der Waals surface area contributed by atoms with Crippen LogP contribution in [0.1, 0.15) is 5.56 Å². The van der Waals surface area contributed by atoms with Gasteiger partial charge in [-0.3, -0.25) is 4.31 Å². The molecule has 1 N–H and O–H groups in total. The third-order valence-electron chi connectivity index (χ3n) is 3.39. The molecule has 142 valence electrons. The summed E-state index contributed by atoms with van der Waals surface area (Å²) in [6.45, 7) is -0.214. The summed E-state index contributed by atoms with van der Waals surface area (Å²) in [5, 5.41) is 2.29. The van der Waals surface area contributed by atoms with E-state index in [-0.39, 0.29) is 23.6 Å². The monoisotopic (exact) mass is 413 g/mol. The van der Waals surface area contributed by atoms with Gasteiger partial charge in [0.05, 0.1) is 5.69 Å². The number of hydrogen-bond acceptors (Lipinski definition) is 7. The molecule has 0 atom stereocenters. The topological polar surface area (TPSA) is 46.6 Å². The Morgan fingerprint density at radius 3 is 2.70 bits per heavy atom. The molecule has 0 aliphatic carbocycles. The minimum atomic E-state index is -0.775. The molecule has 0 radical (unpaired) electrons. The van der Waals surface area contributed by atoms with E-state index in [1.165, 1.54) is 40.9 Å². The first-order chi connectivity index (χ1) is 13.0. The van der Waals surface area contributed by atoms with Gasteiger partial charge in [-0.05, 0) is 6.07 Å².